The molecule has 1 aromatic carbocycles. The number of carbonyl (C=O) groups excluding carboxylic acids is 3. The normalized spacial score (nSPS) is 15.0. The molecule has 3 amide bonds. The Morgan fingerprint density at radius 1 is 1.12 bits per heavy atom. The van der Waals surface area contributed by atoms with E-state index >= 15 is 0 Å². The first-order valence-electron chi connectivity index (χ1n) is 8.46. The van der Waals surface area contributed by atoms with E-state index in [0.29, 0.717) is 43.6 Å². The minimum Gasteiger partial charge on any atom is -0.359 e. The standard InChI is InChI=1S/C18H25N3O3/c1-3-4-16(22)20-15-7-5-14(6-8-15)18(24)21-11-9-13(10-12-21)17(23)19-2/h5-8,13H,3-4,9-12H2,1-2H3,(H,19,23)(H,20,22). The molecule has 0 spiro atoms. The van der Waals surface area contributed by atoms with Crippen molar-refractivity contribution in [3.05, 3.63) is 29.8 Å². The molecule has 1 saturated heterocycles. The third-order valence-electron chi connectivity index (χ3n) is 4.29. The molecule has 1 aliphatic heterocycles. The zero-order valence-electron chi connectivity index (χ0n) is 14.3. The molecule has 0 atom stereocenters. The molecule has 0 unspecified atom stereocenters. The monoisotopic (exact) mass is 331 g/mol. The summed E-state index contributed by atoms with van der Waals surface area (Å²) in [6, 6.07) is 6.96. The fourth-order valence-corrected chi connectivity index (χ4v) is 2.88. The van der Waals surface area contributed by atoms with Crippen LogP contribution in [0.5, 0.6) is 0 Å². The van der Waals surface area contributed by atoms with E-state index in [0.717, 1.165) is 6.42 Å². The van der Waals surface area contributed by atoms with Crippen LogP contribution in [0.2, 0.25) is 0 Å². The summed E-state index contributed by atoms with van der Waals surface area (Å²) < 4.78 is 0. The molecule has 2 rings (SSSR count). The van der Waals surface area contributed by atoms with Crippen molar-refractivity contribution in [1.29, 1.82) is 0 Å². The van der Waals surface area contributed by atoms with Gasteiger partial charge < -0.3 is 15.5 Å². The summed E-state index contributed by atoms with van der Waals surface area (Å²) in [5, 5.41) is 5.47. The van der Waals surface area contributed by atoms with Crippen LogP contribution in [-0.2, 0) is 9.59 Å². The van der Waals surface area contributed by atoms with Gasteiger partial charge in [0.1, 0.15) is 0 Å². The second-order valence-electron chi connectivity index (χ2n) is 6.06. The second kappa shape index (κ2) is 8.47. The Hall–Kier alpha value is -2.37. The molecule has 1 heterocycles. The topological polar surface area (TPSA) is 78.5 Å². The lowest BCUT2D eigenvalue weighted by atomic mass is 9.95. The van der Waals surface area contributed by atoms with Gasteiger partial charge in [0.2, 0.25) is 11.8 Å². The number of likely N-dealkylation sites (tertiary alicyclic amines) is 1. The van der Waals surface area contributed by atoms with Gasteiger partial charge in [-0.15, -0.1) is 0 Å². The van der Waals surface area contributed by atoms with Crippen LogP contribution >= 0.6 is 0 Å². The Labute approximate surface area is 142 Å². The van der Waals surface area contributed by atoms with Gasteiger partial charge in [0.25, 0.3) is 5.91 Å². The van der Waals surface area contributed by atoms with Gasteiger partial charge in [0.15, 0.2) is 0 Å². The van der Waals surface area contributed by atoms with Crippen molar-refractivity contribution in [3.8, 4) is 0 Å². The first-order valence-corrected chi connectivity index (χ1v) is 8.46. The maximum absolute atomic E-state index is 12.5. The van der Waals surface area contributed by atoms with E-state index in [9.17, 15) is 14.4 Å². The second-order valence-corrected chi connectivity index (χ2v) is 6.06. The Bertz CT molecular complexity index is 590. The van der Waals surface area contributed by atoms with Crippen LogP contribution in [0.15, 0.2) is 24.3 Å². The number of hydrogen-bond acceptors (Lipinski definition) is 3. The molecule has 2 N–H and O–H groups in total. The van der Waals surface area contributed by atoms with E-state index in [4.69, 9.17) is 0 Å². The van der Waals surface area contributed by atoms with Gasteiger partial charge >= 0.3 is 0 Å². The number of benzene rings is 1. The van der Waals surface area contributed by atoms with Gasteiger partial charge in [-0.05, 0) is 43.5 Å². The summed E-state index contributed by atoms with van der Waals surface area (Å²) in [7, 11) is 1.64. The summed E-state index contributed by atoms with van der Waals surface area (Å²) in [5.41, 5.74) is 1.30. The highest BCUT2D eigenvalue weighted by Gasteiger charge is 2.27. The number of nitrogens with one attached hydrogen (secondary N) is 2. The van der Waals surface area contributed by atoms with Crippen LogP contribution in [0.1, 0.15) is 43.0 Å². The molecule has 0 saturated carbocycles. The zero-order valence-corrected chi connectivity index (χ0v) is 14.3. The molecule has 0 aliphatic carbocycles. The quantitative estimate of drug-likeness (QED) is 0.866. The smallest absolute Gasteiger partial charge is 0.253 e. The number of rotatable bonds is 5. The summed E-state index contributed by atoms with van der Waals surface area (Å²) in [6.45, 7) is 3.13. The molecule has 1 aliphatic rings. The van der Waals surface area contributed by atoms with E-state index in [2.05, 4.69) is 10.6 Å². The van der Waals surface area contributed by atoms with Crippen molar-refractivity contribution in [2.75, 3.05) is 25.5 Å². The fourth-order valence-electron chi connectivity index (χ4n) is 2.88. The van der Waals surface area contributed by atoms with E-state index < -0.39 is 0 Å². The molecule has 0 radical (unpaired) electrons. The van der Waals surface area contributed by atoms with Crippen molar-refractivity contribution in [3.63, 3.8) is 0 Å². The Morgan fingerprint density at radius 2 is 1.75 bits per heavy atom. The molecule has 6 heteroatoms. The number of piperidine rings is 1. The Kier molecular flexibility index (Phi) is 6.35. The summed E-state index contributed by atoms with van der Waals surface area (Å²) in [4.78, 5) is 37.5. The van der Waals surface area contributed by atoms with Crippen LogP contribution < -0.4 is 10.6 Å². The molecule has 130 valence electrons. The van der Waals surface area contributed by atoms with Crippen molar-refractivity contribution in [2.24, 2.45) is 5.92 Å². The van der Waals surface area contributed by atoms with Crippen LogP contribution in [0, 0.1) is 5.92 Å². The first kappa shape index (κ1) is 18.0. The predicted octanol–water partition coefficient (Wildman–Crippen LogP) is 2.02. The van der Waals surface area contributed by atoms with Gasteiger partial charge in [0.05, 0.1) is 0 Å². The molecular weight excluding hydrogens is 306 g/mol. The van der Waals surface area contributed by atoms with Crippen LogP contribution in [0.25, 0.3) is 0 Å². The molecular formula is C18H25N3O3. The molecule has 6 nitrogen and oxygen atoms in total. The van der Waals surface area contributed by atoms with Crippen LogP contribution in [0.4, 0.5) is 5.69 Å². The van der Waals surface area contributed by atoms with E-state index in [1.165, 1.54) is 0 Å². The van der Waals surface area contributed by atoms with Gasteiger partial charge in [-0.25, -0.2) is 0 Å². The SMILES string of the molecule is CCCC(=O)Nc1ccc(C(=O)N2CCC(C(=O)NC)CC2)cc1. The van der Waals surface area contributed by atoms with Crippen molar-refractivity contribution in [2.45, 2.75) is 32.6 Å². The van der Waals surface area contributed by atoms with Crippen molar-refractivity contribution < 1.29 is 14.4 Å². The summed E-state index contributed by atoms with van der Waals surface area (Å²) in [5.74, 6) is -0.00545. The minimum absolute atomic E-state index is 0.00444. The zero-order chi connectivity index (χ0) is 17.5. The van der Waals surface area contributed by atoms with Gasteiger partial charge in [-0.1, -0.05) is 6.92 Å². The van der Waals surface area contributed by atoms with Crippen LogP contribution in [-0.4, -0.2) is 42.8 Å². The van der Waals surface area contributed by atoms with E-state index in [-0.39, 0.29) is 23.6 Å². The summed E-state index contributed by atoms with van der Waals surface area (Å²) >= 11 is 0. The highest BCUT2D eigenvalue weighted by Crippen LogP contribution is 2.20. The predicted molar refractivity (Wildman–Crippen MR) is 92.7 cm³/mol. The largest absolute Gasteiger partial charge is 0.359 e. The molecule has 24 heavy (non-hydrogen) atoms. The maximum Gasteiger partial charge on any atom is 0.253 e. The third-order valence-corrected chi connectivity index (χ3v) is 4.29. The fraction of sp³-hybridized carbons (Fsp3) is 0.500. The van der Waals surface area contributed by atoms with Gasteiger partial charge in [-0.3, -0.25) is 14.4 Å². The highest BCUT2D eigenvalue weighted by molar-refractivity contribution is 5.96. The number of nitrogens with zero attached hydrogens (tertiary/aromatic N) is 1. The van der Waals surface area contributed by atoms with Gasteiger partial charge in [0, 0.05) is 43.7 Å². The van der Waals surface area contributed by atoms with Crippen molar-refractivity contribution in [1.82, 2.24) is 10.2 Å². The molecule has 1 aromatic rings. The average molecular weight is 331 g/mol. The van der Waals surface area contributed by atoms with E-state index in [1.807, 2.05) is 6.92 Å². The lowest BCUT2D eigenvalue weighted by Gasteiger charge is -2.31. The number of hydrogen-bond donors (Lipinski definition) is 2. The highest BCUT2D eigenvalue weighted by atomic mass is 16.2. The molecule has 0 aromatic heterocycles. The van der Waals surface area contributed by atoms with Crippen LogP contribution in [0.3, 0.4) is 0 Å². The van der Waals surface area contributed by atoms with E-state index in [1.54, 1.807) is 36.2 Å². The van der Waals surface area contributed by atoms with Crippen molar-refractivity contribution >= 4 is 23.4 Å². The van der Waals surface area contributed by atoms with Gasteiger partial charge in [-0.2, -0.15) is 0 Å². The minimum atomic E-state index is -0.0307. The lowest BCUT2D eigenvalue weighted by molar-refractivity contribution is -0.125. The number of carbonyl (C=O) groups is 3. The molecule has 1 fully saturated rings. The lowest BCUT2D eigenvalue weighted by Crippen LogP contribution is -2.42. The number of anilines is 1. The number of amides is 3. The Balaban J connectivity index is 1.91. The third kappa shape index (κ3) is 4.57. The Morgan fingerprint density at radius 3 is 2.29 bits per heavy atom. The first-order chi connectivity index (χ1) is 11.5. The average Bonchev–Trinajstić information content (AvgIpc) is 2.61. The molecule has 0 bridgehead atoms. The summed E-state index contributed by atoms with van der Waals surface area (Å²) in [6.07, 6.45) is 2.67. The maximum atomic E-state index is 12.5.